The van der Waals surface area contributed by atoms with Crippen molar-refractivity contribution in [3.63, 3.8) is 0 Å². The number of benzene rings is 1. The molecule has 0 radical (unpaired) electrons. The lowest BCUT2D eigenvalue weighted by Crippen LogP contribution is -2.57. The minimum absolute atomic E-state index is 0.0860. The highest BCUT2D eigenvalue weighted by atomic mass is 16.5. The average molecular weight is 336 g/mol. The molecular formula is C17H24N2O5. The van der Waals surface area contributed by atoms with Gasteiger partial charge in [0, 0.05) is 19.2 Å². The standard InChI is InChI=1S/C17H24N2O5/c1-5-24-16(20)11-18-8-9-19(17(21)12(18)2)14-10-13(22-3)6-7-15(14)23-4/h6-7,10,12H,5,8-9,11H2,1-4H3/t12-/m1/s1. The molecule has 0 unspecified atom stereocenters. The summed E-state index contributed by atoms with van der Waals surface area (Å²) in [5.74, 6) is 0.858. The predicted octanol–water partition coefficient (Wildman–Crippen LogP) is 1.30. The Kier molecular flexibility index (Phi) is 6.03. The summed E-state index contributed by atoms with van der Waals surface area (Å²) in [7, 11) is 3.14. The third-order valence-corrected chi connectivity index (χ3v) is 4.10. The fraction of sp³-hybridized carbons (Fsp3) is 0.529. The highest BCUT2D eigenvalue weighted by Crippen LogP contribution is 2.34. The topological polar surface area (TPSA) is 68.3 Å². The van der Waals surface area contributed by atoms with Crippen molar-refractivity contribution in [1.82, 2.24) is 4.90 Å². The van der Waals surface area contributed by atoms with Crippen LogP contribution in [0.5, 0.6) is 11.5 Å². The normalized spacial score (nSPS) is 18.4. The minimum atomic E-state index is -0.418. The predicted molar refractivity (Wildman–Crippen MR) is 89.6 cm³/mol. The van der Waals surface area contributed by atoms with Crippen LogP contribution in [0, 0.1) is 0 Å². The van der Waals surface area contributed by atoms with Gasteiger partial charge in [-0.2, -0.15) is 0 Å². The summed E-state index contributed by atoms with van der Waals surface area (Å²) in [5.41, 5.74) is 0.671. The second-order valence-electron chi connectivity index (χ2n) is 5.48. The summed E-state index contributed by atoms with van der Waals surface area (Å²) < 4.78 is 15.6. The molecule has 1 aliphatic heterocycles. The zero-order valence-electron chi connectivity index (χ0n) is 14.6. The Balaban J connectivity index is 2.18. The number of carbonyl (C=O) groups excluding carboxylic acids is 2. The lowest BCUT2D eigenvalue weighted by molar-refractivity contribution is -0.145. The quantitative estimate of drug-likeness (QED) is 0.730. The van der Waals surface area contributed by atoms with Crippen LogP contribution in [-0.2, 0) is 14.3 Å². The maximum absolute atomic E-state index is 12.8. The van der Waals surface area contributed by atoms with Gasteiger partial charge in [0.1, 0.15) is 11.5 Å². The van der Waals surface area contributed by atoms with Crippen molar-refractivity contribution in [3.8, 4) is 11.5 Å². The maximum Gasteiger partial charge on any atom is 0.320 e. The maximum atomic E-state index is 12.8. The molecule has 24 heavy (non-hydrogen) atoms. The molecule has 1 heterocycles. The number of carbonyl (C=O) groups is 2. The number of hydrogen-bond donors (Lipinski definition) is 0. The van der Waals surface area contributed by atoms with Gasteiger partial charge in [-0.05, 0) is 26.0 Å². The van der Waals surface area contributed by atoms with Crippen LogP contribution in [0.2, 0.25) is 0 Å². The van der Waals surface area contributed by atoms with Crippen LogP contribution in [0.25, 0.3) is 0 Å². The fourth-order valence-electron chi connectivity index (χ4n) is 2.75. The van der Waals surface area contributed by atoms with Gasteiger partial charge in [-0.15, -0.1) is 0 Å². The summed E-state index contributed by atoms with van der Waals surface area (Å²) in [6, 6.07) is 4.92. The Morgan fingerprint density at radius 1 is 1.25 bits per heavy atom. The summed E-state index contributed by atoms with van der Waals surface area (Å²) >= 11 is 0. The molecule has 1 aromatic carbocycles. The van der Waals surface area contributed by atoms with Gasteiger partial charge in [0.25, 0.3) is 0 Å². The molecule has 0 spiro atoms. The molecule has 1 aromatic rings. The molecule has 0 aromatic heterocycles. The first-order chi connectivity index (χ1) is 11.5. The van der Waals surface area contributed by atoms with Crippen LogP contribution in [0.4, 0.5) is 5.69 Å². The van der Waals surface area contributed by atoms with Gasteiger partial charge < -0.3 is 19.1 Å². The SMILES string of the molecule is CCOC(=O)CN1CCN(c2cc(OC)ccc2OC)C(=O)[C@H]1C. The van der Waals surface area contributed by atoms with Gasteiger partial charge in [-0.1, -0.05) is 0 Å². The zero-order chi connectivity index (χ0) is 17.7. The average Bonchev–Trinajstić information content (AvgIpc) is 2.59. The molecule has 1 saturated heterocycles. The molecule has 132 valence electrons. The Hall–Kier alpha value is -2.28. The summed E-state index contributed by atoms with van der Waals surface area (Å²) in [4.78, 5) is 27.9. The molecule has 2 rings (SSSR count). The number of esters is 1. The van der Waals surface area contributed by atoms with E-state index in [-0.39, 0.29) is 18.4 Å². The third-order valence-electron chi connectivity index (χ3n) is 4.10. The molecule has 1 atom stereocenters. The van der Waals surface area contributed by atoms with Crippen LogP contribution in [0.1, 0.15) is 13.8 Å². The molecule has 7 heteroatoms. The molecule has 0 N–H and O–H groups in total. The van der Waals surface area contributed by atoms with Crippen LogP contribution in [-0.4, -0.2) is 63.3 Å². The Morgan fingerprint density at radius 3 is 2.62 bits per heavy atom. The lowest BCUT2D eigenvalue weighted by atomic mass is 10.1. The number of amides is 1. The first kappa shape index (κ1) is 18.1. The second kappa shape index (κ2) is 8.01. The highest BCUT2D eigenvalue weighted by Gasteiger charge is 2.34. The van der Waals surface area contributed by atoms with Crippen molar-refractivity contribution in [2.24, 2.45) is 0 Å². The van der Waals surface area contributed by atoms with E-state index in [9.17, 15) is 9.59 Å². The number of nitrogens with zero attached hydrogens (tertiary/aromatic N) is 2. The molecular weight excluding hydrogens is 312 g/mol. The van der Waals surface area contributed by atoms with Gasteiger partial charge in [0.2, 0.25) is 5.91 Å². The van der Waals surface area contributed by atoms with Crippen molar-refractivity contribution in [3.05, 3.63) is 18.2 Å². The monoisotopic (exact) mass is 336 g/mol. The van der Waals surface area contributed by atoms with Gasteiger partial charge in [0.05, 0.1) is 39.1 Å². The molecule has 0 saturated carbocycles. The minimum Gasteiger partial charge on any atom is -0.497 e. The zero-order valence-corrected chi connectivity index (χ0v) is 14.6. The van der Waals surface area contributed by atoms with Crippen LogP contribution in [0.3, 0.4) is 0 Å². The molecule has 1 fully saturated rings. The molecule has 1 aliphatic rings. The highest BCUT2D eigenvalue weighted by molar-refractivity contribution is 5.99. The van der Waals surface area contributed by atoms with Crippen molar-refractivity contribution in [2.45, 2.75) is 19.9 Å². The number of hydrogen-bond acceptors (Lipinski definition) is 6. The van der Waals surface area contributed by atoms with Crippen molar-refractivity contribution < 1.29 is 23.8 Å². The van der Waals surface area contributed by atoms with Gasteiger partial charge in [0.15, 0.2) is 0 Å². The molecule has 0 aliphatic carbocycles. The van der Waals surface area contributed by atoms with E-state index in [1.54, 1.807) is 51.2 Å². The first-order valence-corrected chi connectivity index (χ1v) is 7.94. The van der Waals surface area contributed by atoms with E-state index in [0.29, 0.717) is 36.9 Å². The van der Waals surface area contributed by atoms with Crippen molar-refractivity contribution in [1.29, 1.82) is 0 Å². The van der Waals surface area contributed by atoms with Gasteiger partial charge >= 0.3 is 5.97 Å². The van der Waals surface area contributed by atoms with E-state index in [0.717, 1.165) is 0 Å². The number of anilines is 1. The summed E-state index contributed by atoms with van der Waals surface area (Å²) in [5, 5.41) is 0. The lowest BCUT2D eigenvalue weighted by Gasteiger charge is -2.38. The molecule has 0 bridgehead atoms. The van der Waals surface area contributed by atoms with Gasteiger partial charge in [-0.3, -0.25) is 14.5 Å². The van der Waals surface area contributed by atoms with E-state index in [2.05, 4.69) is 0 Å². The van der Waals surface area contributed by atoms with Crippen LogP contribution < -0.4 is 14.4 Å². The third kappa shape index (κ3) is 3.79. The van der Waals surface area contributed by atoms with Gasteiger partial charge in [-0.25, -0.2) is 0 Å². The number of rotatable bonds is 6. The van der Waals surface area contributed by atoms with Crippen molar-refractivity contribution >= 4 is 17.6 Å². The van der Waals surface area contributed by atoms with E-state index < -0.39 is 6.04 Å². The van der Waals surface area contributed by atoms with Crippen LogP contribution in [0.15, 0.2) is 18.2 Å². The first-order valence-electron chi connectivity index (χ1n) is 7.94. The smallest absolute Gasteiger partial charge is 0.320 e. The number of ether oxygens (including phenoxy) is 3. The van der Waals surface area contributed by atoms with E-state index in [4.69, 9.17) is 14.2 Å². The number of piperazine rings is 1. The Morgan fingerprint density at radius 2 is 2.00 bits per heavy atom. The molecule has 7 nitrogen and oxygen atoms in total. The Bertz CT molecular complexity index is 605. The second-order valence-corrected chi connectivity index (χ2v) is 5.48. The van der Waals surface area contributed by atoms with Crippen LogP contribution >= 0.6 is 0 Å². The van der Waals surface area contributed by atoms with E-state index >= 15 is 0 Å². The fourth-order valence-corrected chi connectivity index (χ4v) is 2.75. The van der Waals surface area contributed by atoms with E-state index in [1.165, 1.54) is 0 Å². The van der Waals surface area contributed by atoms with Crippen molar-refractivity contribution in [2.75, 3.05) is 45.4 Å². The van der Waals surface area contributed by atoms with E-state index in [1.807, 2.05) is 4.90 Å². The summed E-state index contributed by atoms with van der Waals surface area (Å²) in [6.07, 6.45) is 0. The molecule has 1 amide bonds. The number of methoxy groups -OCH3 is 2. The largest absolute Gasteiger partial charge is 0.497 e. The summed E-state index contributed by atoms with van der Waals surface area (Å²) in [6.45, 7) is 5.05. The Labute approximate surface area is 142 Å².